The van der Waals surface area contributed by atoms with Crippen LogP contribution >= 0.6 is 0 Å². The zero-order chi connectivity index (χ0) is 28.2. The highest BCUT2D eigenvalue weighted by Crippen LogP contribution is 2.34. The zero-order valence-electron chi connectivity index (χ0n) is 23.7. The molecule has 4 heterocycles. The minimum absolute atomic E-state index is 0.0671. The molecule has 0 unspecified atom stereocenters. The Hall–Kier alpha value is -3.96. The van der Waals surface area contributed by atoms with Crippen molar-refractivity contribution in [3.05, 3.63) is 47.7 Å². The van der Waals surface area contributed by atoms with Gasteiger partial charge in [0.05, 0.1) is 30.0 Å². The summed E-state index contributed by atoms with van der Waals surface area (Å²) < 4.78 is 5.15. The van der Waals surface area contributed by atoms with E-state index in [1.807, 2.05) is 31.3 Å². The van der Waals surface area contributed by atoms with Crippen LogP contribution in [0.25, 0.3) is 22.2 Å². The molecule has 11 heteroatoms. The quantitative estimate of drug-likeness (QED) is 0.250. The van der Waals surface area contributed by atoms with Gasteiger partial charge in [0.25, 0.3) is 0 Å². The SMILES string of the molecule is CN=CC(Nc1ncc(C)c(-c2c[nH]c3c(NC(=O)[C@H]4CCCN4C4CCN(C)CC4)cccc23)n1)=C(N)OC. The van der Waals surface area contributed by atoms with Crippen molar-refractivity contribution >= 4 is 34.7 Å². The number of anilines is 2. The Bertz CT molecular complexity index is 1420. The van der Waals surface area contributed by atoms with E-state index >= 15 is 0 Å². The van der Waals surface area contributed by atoms with Crippen LogP contribution in [0.1, 0.15) is 31.2 Å². The molecule has 0 spiro atoms. The number of aliphatic imine (C=N–C) groups is 1. The summed E-state index contributed by atoms with van der Waals surface area (Å²) in [4.78, 5) is 34.9. The smallest absolute Gasteiger partial charge is 0.241 e. The predicted octanol–water partition coefficient (Wildman–Crippen LogP) is 3.32. The van der Waals surface area contributed by atoms with Crippen molar-refractivity contribution in [1.82, 2.24) is 24.8 Å². The van der Waals surface area contributed by atoms with Crippen LogP contribution in [0.3, 0.4) is 0 Å². The first-order chi connectivity index (χ1) is 19.4. The van der Waals surface area contributed by atoms with Gasteiger partial charge in [0.15, 0.2) is 0 Å². The van der Waals surface area contributed by atoms with Crippen molar-refractivity contribution in [3.63, 3.8) is 0 Å². The Morgan fingerprint density at radius 3 is 2.77 bits per heavy atom. The van der Waals surface area contributed by atoms with Gasteiger partial charge in [-0.1, -0.05) is 12.1 Å². The lowest BCUT2D eigenvalue weighted by Gasteiger charge is -2.37. The number of allylic oxidation sites excluding steroid dienone is 1. The zero-order valence-corrected chi connectivity index (χ0v) is 23.7. The Labute approximate surface area is 234 Å². The van der Waals surface area contributed by atoms with Crippen molar-refractivity contribution in [2.75, 3.05) is 51.5 Å². The molecule has 0 bridgehead atoms. The first-order valence-corrected chi connectivity index (χ1v) is 13.8. The maximum Gasteiger partial charge on any atom is 0.241 e. The molecule has 0 aliphatic carbocycles. The lowest BCUT2D eigenvalue weighted by molar-refractivity contribution is -0.121. The molecule has 11 nitrogen and oxygen atoms in total. The van der Waals surface area contributed by atoms with Crippen LogP contribution in [-0.4, -0.2) is 89.8 Å². The Morgan fingerprint density at radius 2 is 2.02 bits per heavy atom. The molecule has 1 atom stereocenters. The molecule has 2 aromatic heterocycles. The van der Waals surface area contributed by atoms with Crippen LogP contribution in [0.5, 0.6) is 0 Å². The molecule has 212 valence electrons. The van der Waals surface area contributed by atoms with Gasteiger partial charge in [-0.25, -0.2) is 9.97 Å². The molecule has 3 aromatic rings. The highest BCUT2D eigenvalue weighted by molar-refractivity contribution is 6.06. The van der Waals surface area contributed by atoms with Gasteiger partial charge < -0.3 is 31.0 Å². The molecule has 5 N–H and O–H groups in total. The van der Waals surface area contributed by atoms with E-state index in [0.29, 0.717) is 17.7 Å². The first-order valence-electron chi connectivity index (χ1n) is 13.8. The van der Waals surface area contributed by atoms with Gasteiger partial charge in [-0.3, -0.25) is 14.7 Å². The number of carbonyl (C=O) groups excluding carboxylic acids is 1. The number of fused-ring (bicyclic) bond motifs is 1. The molecule has 2 saturated heterocycles. The highest BCUT2D eigenvalue weighted by atomic mass is 16.5. The fraction of sp³-hybridized carbons (Fsp3) is 0.448. The van der Waals surface area contributed by atoms with Crippen molar-refractivity contribution in [1.29, 1.82) is 0 Å². The van der Waals surface area contributed by atoms with Gasteiger partial charge >= 0.3 is 0 Å². The second-order valence-corrected chi connectivity index (χ2v) is 10.6. The van der Waals surface area contributed by atoms with Gasteiger partial charge in [0.2, 0.25) is 17.7 Å². The summed E-state index contributed by atoms with van der Waals surface area (Å²) in [6.45, 7) is 5.13. The van der Waals surface area contributed by atoms with E-state index in [1.165, 1.54) is 7.11 Å². The number of para-hydroxylation sites is 1. The van der Waals surface area contributed by atoms with E-state index in [4.69, 9.17) is 15.5 Å². The molecule has 1 aromatic carbocycles. The van der Waals surface area contributed by atoms with Gasteiger partial charge in [-0.2, -0.15) is 0 Å². The number of carbonyl (C=O) groups is 1. The lowest BCUT2D eigenvalue weighted by Crippen LogP contribution is -2.49. The van der Waals surface area contributed by atoms with Gasteiger partial charge in [0.1, 0.15) is 5.70 Å². The molecule has 1 amide bonds. The number of likely N-dealkylation sites (tertiary alicyclic amines) is 2. The number of aryl methyl sites for hydroxylation is 1. The number of hydrogen-bond donors (Lipinski definition) is 4. The van der Waals surface area contributed by atoms with Crippen LogP contribution in [0.4, 0.5) is 11.6 Å². The minimum atomic E-state index is -0.0933. The molecule has 2 aliphatic heterocycles. The van der Waals surface area contributed by atoms with E-state index in [9.17, 15) is 4.79 Å². The number of nitrogens with two attached hydrogens (primary N) is 1. The summed E-state index contributed by atoms with van der Waals surface area (Å²) in [6, 6.07) is 6.33. The van der Waals surface area contributed by atoms with Crippen molar-refractivity contribution < 1.29 is 9.53 Å². The number of benzene rings is 1. The molecular formula is C29H39N9O2. The summed E-state index contributed by atoms with van der Waals surface area (Å²) in [7, 11) is 5.30. The monoisotopic (exact) mass is 545 g/mol. The molecular weight excluding hydrogens is 506 g/mol. The average Bonchev–Trinajstić information content (AvgIpc) is 3.62. The van der Waals surface area contributed by atoms with Crippen molar-refractivity contribution in [3.8, 4) is 11.3 Å². The third-order valence-corrected chi connectivity index (χ3v) is 7.94. The second kappa shape index (κ2) is 12.1. The van der Waals surface area contributed by atoms with E-state index in [2.05, 4.69) is 42.4 Å². The number of nitrogens with zero attached hydrogens (tertiary/aromatic N) is 5. The van der Waals surface area contributed by atoms with Crippen LogP contribution in [-0.2, 0) is 9.53 Å². The number of methoxy groups -OCH3 is 1. The maximum atomic E-state index is 13.5. The number of hydrogen-bond acceptors (Lipinski definition) is 9. The number of aromatic amines is 1. The standard InChI is InChI=1S/C29H39N9O2/c1-18-15-33-29(35-23(17-31-2)27(30)40-4)36-25(18)21-16-32-26-20(21)7-5-8-22(26)34-28(39)24-9-6-12-38(24)19-10-13-37(3)14-11-19/h5,7-8,15-17,19,24,32H,6,9-14,30H2,1-4H3,(H,34,39)(H,33,35,36)/t24-/m1/s1. The summed E-state index contributed by atoms with van der Waals surface area (Å²) in [5, 5.41) is 7.30. The number of amides is 1. The number of nitrogens with one attached hydrogen (secondary N) is 3. The summed E-state index contributed by atoms with van der Waals surface area (Å²) in [6.07, 6.45) is 9.43. The third-order valence-electron chi connectivity index (χ3n) is 7.94. The minimum Gasteiger partial charge on any atom is -0.481 e. The normalized spacial score (nSPS) is 19.8. The van der Waals surface area contributed by atoms with Gasteiger partial charge in [-0.15, -0.1) is 0 Å². The first kappa shape index (κ1) is 27.6. The topological polar surface area (TPSA) is 137 Å². The van der Waals surface area contributed by atoms with Gasteiger partial charge in [-0.05, 0) is 70.9 Å². The molecule has 5 rings (SSSR count). The molecule has 2 aliphatic rings. The second-order valence-electron chi connectivity index (χ2n) is 10.6. The van der Waals surface area contributed by atoms with Crippen LogP contribution in [0.2, 0.25) is 0 Å². The molecule has 40 heavy (non-hydrogen) atoms. The fourth-order valence-electron chi connectivity index (χ4n) is 5.80. The van der Waals surface area contributed by atoms with E-state index in [1.54, 1.807) is 19.5 Å². The number of piperidine rings is 1. The van der Waals surface area contributed by atoms with E-state index in [0.717, 1.165) is 78.7 Å². The lowest BCUT2D eigenvalue weighted by atomic mass is 10.0. The molecule has 0 saturated carbocycles. The Kier molecular flexibility index (Phi) is 8.32. The number of ether oxygens (including phenoxy) is 1. The summed E-state index contributed by atoms with van der Waals surface area (Å²) in [5.41, 5.74) is 10.6. The Morgan fingerprint density at radius 1 is 1.23 bits per heavy atom. The molecule has 2 fully saturated rings. The Balaban J connectivity index is 1.39. The van der Waals surface area contributed by atoms with Gasteiger partial charge in [0, 0.05) is 42.6 Å². The summed E-state index contributed by atoms with van der Waals surface area (Å²) in [5.74, 6) is 0.613. The van der Waals surface area contributed by atoms with Crippen molar-refractivity contribution in [2.45, 2.75) is 44.7 Å². The maximum absolute atomic E-state index is 13.5. The highest BCUT2D eigenvalue weighted by Gasteiger charge is 2.36. The van der Waals surface area contributed by atoms with E-state index < -0.39 is 0 Å². The van der Waals surface area contributed by atoms with Crippen LogP contribution < -0.4 is 16.4 Å². The average molecular weight is 546 g/mol. The fourth-order valence-corrected chi connectivity index (χ4v) is 5.80. The number of rotatable bonds is 8. The number of H-pyrrole nitrogens is 1. The number of aromatic nitrogens is 3. The van der Waals surface area contributed by atoms with Crippen molar-refractivity contribution in [2.24, 2.45) is 10.7 Å². The van der Waals surface area contributed by atoms with Crippen LogP contribution in [0, 0.1) is 6.92 Å². The predicted molar refractivity (Wildman–Crippen MR) is 159 cm³/mol. The largest absolute Gasteiger partial charge is 0.481 e. The summed E-state index contributed by atoms with van der Waals surface area (Å²) >= 11 is 0. The van der Waals surface area contributed by atoms with Crippen LogP contribution in [0.15, 0.2) is 47.2 Å². The third kappa shape index (κ3) is 5.66. The van der Waals surface area contributed by atoms with E-state index in [-0.39, 0.29) is 17.8 Å². The molecule has 0 radical (unpaired) electrons.